The molecule has 0 amide bonds. The van der Waals surface area contributed by atoms with Crippen LogP contribution in [-0.2, 0) is 38.1 Å². The van der Waals surface area contributed by atoms with Crippen molar-refractivity contribution in [1.82, 2.24) is 0 Å². The molecular formula is C16H30O8. The molecule has 0 spiro atoms. The number of esters is 4. The molecule has 0 fully saturated rings. The Hall–Kier alpha value is -2.12. The van der Waals surface area contributed by atoms with E-state index < -0.39 is 23.3 Å². The fourth-order valence-corrected chi connectivity index (χ4v) is 1.47. The minimum absolute atomic E-state index is 0. The van der Waals surface area contributed by atoms with Crippen LogP contribution >= 0.6 is 0 Å². The molecule has 0 bridgehead atoms. The normalized spacial score (nSPS) is 9.67. The summed E-state index contributed by atoms with van der Waals surface area (Å²) < 4.78 is 17.8. The second kappa shape index (κ2) is 13.3. The van der Waals surface area contributed by atoms with E-state index >= 15 is 0 Å². The van der Waals surface area contributed by atoms with Crippen molar-refractivity contribution in [2.24, 2.45) is 11.3 Å². The van der Waals surface area contributed by atoms with Crippen molar-refractivity contribution in [3.63, 3.8) is 0 Å². The molecule has 0 rings (SSSR count). The monoisotopic (exact) mass is 350 g/mol. The van der Waals surface area contributed by atoms with Crippen LogP contribution in [-0.4, -0.2) is 52.3 Å². The van der Waals surface area contributed by atoms with Crippen LogP contribution in [0.3, 0.4) is 0 Å². The molecule has 24 heavy (non-hydrogen) atoms. The zero-order chi connectivity index (χ0) is 18.6. The molecule has 0 saturated carbocycles. The van der Waals surface area contributed by atoms with E-state index in [1.807, 2.05) is 0 Å². The number of carbonyl (C=O) groups is 4. The van der Waals surface area contributed by atoms with Crippen molar-refractivity contribution in [3.05, 3.63) is 0 Å². The maximum Gasteiger partial charge on any atom is 0.312 e. The Morgan fingerprint density at radius 2 is 1.17 bits per heavy atom. The Labute approximate surface area is 143 Å². The summed E-state index contributed by atoms with van der Waals surface area (Å²) in [5, 5.41) is 0. The van der Waals surface area contributed by atoms with Crippen LogP contribution in [0, 0.1) is 11.3 Å². The molecule has 142 valence electrons. The van der Waals surface area contributed by atoms with Crippen LogP contribution in [0.5, 0.6) is 0 Å². The van der Waals surface area contributed by atoms with Crippen molar-refractivity contribution >= 4 is 23.9 Å². The number of hydrogen-bond donors (Lipinski definition) is 0. The molecule has 0 aliphatic heterocycles. The molecule has 0 atom stereocenters. The molecule has 0 aromatic rings. The van der Waals surface area contributed by atoms with E-state index in [4.69, 9.17) is 0 Å². The second-order valence-electron chi connectivity index (χ2n) is 5.24. The summed E-state index contributed by atoms with van der Waals surface area (Å²) in [6.45, 7) is 5.05. The minimum atomic E-state index is -1.26. The van der Waals surface area contributed by atoms with Crippen LogP contribution < -0.4 is 0 Å². The Bertz CT molecular complexity index is 396. The van der Waals surface area contributed by atoms with Gasteiger partial charge in [-0.3, -0.25) is 19.2 Å². The Balaban J connectivity index is -0.000000468. The van der Waals surface area contributed by atoms with E-state index in [0.29, 0.717) is 0 Å². The Kier molecular flexibility index (Phi) is 14.9. The zero-order valence-corrected chi connectivity index (χ0v) is 14.8. The van der Waals surface area contributed by atoms with Gasteiger partial charge in [0.2, 0.25) is 0 Å². The Morgan fingerprint density at radius 3 is 1.33 bits per heavy atom. The summed E-state index contributed by atoms with van der Waals surface area (Å²) in [5.74, 6) is -1.97. The average Bonchev–Trinajstić information content (AvgIpc) is 2.52. The van der Waals surface area contributed by atoms with Gasteiger partial charge in [-0.1, -0.05) is 21.3 Å². The molecule has 0 unspecified atom stereocenters. The number of carbonyl (C=O) groups excluding carboxylic acids is 4. The van der Waals surface area contributed by atoms with Crippen molar-refractivity contribution < 1.29 is 38.1 Å². The highest BCUT2D eigenvalue weighted by atomic mass is 16.5. The maximum absolute atomic E-state index is 11.5. The van der Waals surface area contributed by atoms with Gasteiger partial charge in [-0.05, 0) is 6.92 Å². The first-order chi connectivity index (χ1) is 10.6. The fraction of sp³-hybridized carbons (Fsp3) is 0.750. The highest BCUT2D eigenvalue weighted by Gasteiger charge is 2.39. The van der Waals surface area contributed by atoms with Crippen molar-refractivity contribution in [1.29, 1.82) is 0 Å². The summed E-state index contributed by atoms with van der Waals surface area (Å²) in [6.07, 6.45) is -0.462. The van der Waals surface area contributed by atoms with E-state index in [1.54, 1.807) is 13.8 Å². The van der Waals surface area contributed by atoms with Gasteiger partial charge in [0, 0.05) is 0 Å². The van der Waals surface area contributed by atoms with Gasteiger partial charge in [0.15, 0.2) is 0 Å². The van der Waals surface area contributed by atoms with E-state index in [-0.39, 0.29) is 32.2 Å². The van der Waals surface area contributed by atoms with Crippen LogP contribution in [0.1, 0.15) is 41.0 Å². The SMILES string of the molecule is C.COC(=O)C(C)C.COC(=O)CC(C)(CC(=O)OC)C(=O)OC. The smallest absolute Gasteiger partial charge is 0.312 e. The third-order valence-corrected chi connectivity index (χ3v) is 2.88. The van der Waals surface area contributed by atoms with Crippen molar-refractivity contribution in [2.45, 2.75) is 41.0 Å². The highest BCUT2D eigenvalue weighted by Crippen LogP contribution is 2.28. The summed E-state index contributed by atoms with van der Waals surface area (Å²) >= 11 is 0. The van der Waals surface area contributed by atoms with Crippen LogP contribution in [0.4, 0.5) is 0 Å². The van der Waals surface area contributed by atoms with Crippen molar-refractivity contribution in [3.8, 4) is 0 Å². The molecule has 0 heterocycles. The van der Waals surface area contributed by atoms with Crippen LogP contribution in [0.25, 0.3) is 0 Å². The van der Waals surface area contributed by atoms with Gasteiger partial charge in [-0.2, -0.15) is 0 Å². The van der Waals surface area contributed by atoms with Gasteiger partial charge in [0.1, 0.15) is 0 Å². The van der Waals surface area contributed by atoms with Gasteiger partial charge in [-0.25, -0.2) is 0 Å². The number of methoxy groups -OCH3 is 4. The minimum Gasteiger partial charge on any atom is -0.469 e. The van der Waals surface area contributed by atoms with Crippen LogP contribution in [0.2, 0.25) is 0 Å². The van der Waals surface area contributed by atoms with E-state index in [1.165, 1.54) is 35.4 Å². The van der Waals surface area contributed by atoms with Gasteiger partial charge < -0.3 is 18.9 Å². The molecule has 0 saturated heterocycles. The largest absolute Gasteiger partial charge is 0.469 e. The molecular weight excluding hydrogens is 320 g/mol. The topological polar surface area (TPSA) is 105 Å². The lowest BCUT2D eigenvalue weighted by Gasteiger charge is -2.23. The first-order valence-corrected chi connectivity index (χ1v) is 6.87. The molecule has 8 heteroatoms. The number of rotatable bonds is 6. The maximum atomic E-state index is 11.5. The lowest BCUT2D eigenvalue weighted by molar-refractivity contribution is -0.163. The molecule has 0 N–H and O–H groups in total. The second-order valence-corrected chi connectivity index (χ2v) is 5.24. The summed E-state index contributed by atoms with van der Waals surface area (Å²) in [6, 6.07) is 0. The molecule has 0 aromatic heterocycles. The molecule has 8 nitrogen and oxygen atoms in total. The lowest BCUT2D eigenvalue weighted by atomic mass is 9.83. The van der Waals surface area contributed by atoms with Crippen molar-refractivity contribution in [2.75, 3.05) is 28.4 Å². The molecule has 0 aromatic carbocycles. The first-order valence-electron chi connectivity index (χ1n) is 6.87. The average molecular weight is 350 g/mol. The van der Waals surface area contributed by atoms with Gasteiger partial charge >= 0.3 is 23.9 Å². The number of hydrogen-bond acceptors (Lipinski definition) is 8. The quantitative estimate of drug-likeness (QED) is 0.527. The molecule has 0 aliphatic rings. The van der Waals surface area contributed by atoms with Crippen LogP contribution in [0.15, 0.2) is 0 Å². The van der Waals surface area contributed by atoms with Gasteiger partial charge in [-0.15, -0.1) is 0 Å². The standard InChI is InChI=1S/C10H16O6.C5H10O2.CH4/c1-10(9(13)16-4,5-7(11)14-2)6-8(12)15-3;1-4(2)5(6)7-3;/h5-6H2,1-4H3;4H,1-3H3;1H4. The molecule has 0 aliphatic carbocycles. The third-order valence-electron chi connectivity index (χ3n) is 2.88. The van der Waals surface area contributed by atoms with E-state index in [0.717, 1.165) is 0 Å². The number of ether oxygens (including phenoxy) is 4. The lowest BCUT2D eigenvalue weighted by Crippen LogP contribution is -2.34. The predicted octanol–water partition coefficient (Wildman–Crippen LogP) is 1.74. The van der Waals surface area contributed by atoms with Gasteiger partial charge in [0.05, 0.1) is 52.6 Å². The Morgan fingerprint density at radius 1 is 0.792 bits per heavy atom. The summed E-state index contributed by atoms with van der Waals surface area (Å²) in [5.41, 5.74) is -1.26. The summed E-state index contributed by atoms with van der Waals surface area (Å²) in [4.78, 5) is 44.1. The fourth-order valence-electron chi connectivity index (χ4n) is 1.47. The predicted molar refractivity (Wildman–Crippen MR) is 87.0 cm³/mol. The summed E-state index contributed by atoms with van der Waals surface area (Å²) in [7, 11) is 4.99. The van der Waals surface area contributed by atoms with E-state index in [9.17, 15) is 19.2 Å². The highest BCUT2D eigenvalue weighted by molar-refractivity contribution is 5.87. The van der Waals surface area contributed by atoms with Gasteiger partial charge in [0.25, 0.3) is 0 Å². The first kappa shape index (κ1) is 26.8. The molecule has 0 radical (unpaired) electrons. The third kappa shape index (κ3) is 10.6. The zero-order valence-electron chi connectivity index (χ0n) is 14.8. The van der Waals surface area contributed by atoms with E-state index in [2.05, 4.69) is 18.9 Å².